The van der Waals surface area contributed by atoms with Gasteiger partial charge in [0.25, 0.3) is 0 Å². The van der Waals surface area contributed by atoms with Gasteiger partial charge in [-0.15, -0.1) is 4.89 Å². The Bertz CT molecular complexity index is 228. The molecule has 0 aliphatic heterocycles. The Morgan fingerprint density at radius 2 is 2.25 bits per heavy atom. The van der Waals surface area contributed by atoms with Gasteiger partial charge in [0.2, 0.25) is 5.96 Å². The first-order valence-corrected chi connectivity index (χ1v) is 4.03. The Morgan fingerprint density at radius 1 is 1.75 bits per heavy atom. The summed E-state index contributed by atoms with van der Waals surface area (Å²) in [5, 5.41) is 8.28. The molecule has 7 nitrogen and oxygen atoms in total. The fourth-order valence-corrected chi connectivity index (χ4v) is 0.776. The van der Waals surface area contributed by atoms with Crippen molar-refractivity contribution in [2.75, 3.05) is 13.6 Å². The number of nitrogens with two attached hydrogens (primary N) is 1. The van der Waals surface area contributed by atoms with Crippen LogP contribution in [0.2, 0.25) is 0 Å². The van der Waals surface area contributed by atoms with Crippen molar-refractivity contribution in [1.29, 1.82) is 0 Å². The average molecular weight is 194 g/mol. The topological polar surface area (TPSA) is 116 Å². The summed E-state index contributed by atoms with van der Waals surface area (Å²) in [6.07, 6.45) is 0. The smallest absolute Gasteiger partial charge is 0.480 e. The number of carbonyl (C=O) groups is 1. The van der Waals surface area contributed by atoms with Gasteiger partial charge in [0, 0.05) is 16.4 Å². The lowest BCUT2D eigenvalue weighted by molar-refractivity contribution is -0.137. The maximum Gasteiger partial charge on any atom is 0.670 e. The first-order chi connectivity index (χ1) is 5.43. The van der Waals surface area contributed by atoms with E-state index in [4.69, 9.17) is 15.7 Å². The van der Waals surface area contributed by atoms with Crippen molar-refractivity contribution in [3.8, 4) is 0 Å². The zero-order chi connectivity index (χ0) is 9.72. The van der Waals surface area contributed by atoms with E-state index >= 15 is 0 Å². The summed E-state index contributed by atoms with van der Waals surface area (Å²) < 4.78 is 13.2. The molecule has 0 aromatic rings. The van der Waals surface area contributed by atoms with Gasteiger partial charge in [0.15, 0.2) is 0 Å². The molecule has 4 N–H and O–H groups in total. The van der Waals surface area contributed by atoms with Crippen molar-refractivity contribution < 1.29 is 19.4 Å². The Kier molecular flexibility index (Phi) is 4.17. The first kappa shape index (κ1) is 10.8. The number of hydrogen-bond acceptors (Lipinski definition) is 2. The van der Waals surface area contributed by atoms with Crippen LogP contribution in [0.15, 0.2) is 4.76 Å². The number of rotatable bonds is 3. The molecule has 12 heavy (non-hydrogen) atoms. The molecule has 0 saturated carbocycles. The maximum absolute atomic E-state index is 10.1. The normalized spacial score (nSPS) is 12.5. The average Bonchev–Trinajstić information content (AvgIpc) is 1.84. The van der Waals surface area contributed by atoms with Crippen LogP contribution in [-0.2, 0) is 9.36 Å². The van der Waals surface area contributed by atoms with Gasteiger partial charge in [0.1, 0.15) is 6.54 Å². The highest BCUT2D eigenvalue weighted by molar-refractivity contribution is 7.36. The van der Waals surface area contributed by atoms with Gasteiger partial charge in [-0.3, -0.25) is 4.79 Å². The molecule has 0 aliphatic carbocycles. The number of guanidine groups is 1. The fraction of sp³-hybridized carbons (Fsp3) is 0.500. The fourth-order valence-electron chi connectivity index (χ4n) is 0.448. The minimum Gasteiger partial charge on any atom is -0.480 e. The Labute approximate surface area is 69.4 Å². The maximum atomic E-state index is 10.1. The summed E-state index contributed by atoms with van der Waals surface area (Å²) in [5.74, 6) is -1.37. The van der Waals surface area contributed by atoms with Crippen LogP contribution < -0.4 is 5.73 Å². The molecule has 68 valence electrons. The van der Waals surface area contributed by atoms with E-state index in [1.165, 1.54) is 7.05 Å². The van der Waals surface area contributed by atoms with E-state index in [2.05, 4.69) is 4.76 Å². The molecule has 0 aliphatic rings. The molecular weight excluding hydrogens is 185 g/mol. The number of likely N-dealkylation sites (N-methyl/N-ethyl adjacent to an activating group) is 1. The van der Waals surface area contributed by atoms with Crippen LogP contribution in [0.4, 0.5) is 0 Å². The van der Waals surface area contributed by atoms with Crippen LogP contribution >= 0.6 is 8.18 Å². The lowest BCUT2D eigenvalue weighted by Gasteiger charge is -2.11. The molecule has 0 rings (SSSR count). The number of carboxylic acid groups (broad SMARTS) is 1. The molecule has 0 saturated heterocycles. The standard InChI is InChI=1S/C4H8N3O4P/c1-7(2-3(8)9)4(5)6-12(10)11/h2H2,1H3,(H3-,5,6,8,9,10,11)/p+1. The molecule has 0 radical (unpaired) electrons. The Balaban J connectivity index is 4.18. The Hall–Kier alpha value is -1.20. The predicted molar refractivity (Wildman–Crippen MR) is 41.7 cm³/mol. The van der Waals surface area contributed by atoms with E-state index in [0.717, 1.165) is 4.90 Å². The minimum absolute atomic E-state index is 0.277. The number of carboxylic acids is 1. The largest absolute Gasteiger partial charge is 0.670 e. The lowest BCUT2D eigenvalue weighted by Crippen LogP contribution is -2.37. The molecule has 0 amide bonds. The van der Waals surface area contributed by atoms with Crippen molar-refractivity contribution in [1.82, 2.24) is 4.90 Å². The molecule has 0 aromatic heterocycles. The molecule has 0 heterocycles. The van der Waals surface area contributed by atoms with E-state index in [1.54, 1.807) is 0 Å². The van der Waals surface area contributed by atoms with Gasteiger partial charge in [-0.25, -0.2) is 0 Å². The SMILES string of the molecule is CN(CC(=O)O)C(N)=N[P+](=O)O. The van der Waals surface area contributed by atoms with Gasteiger partial charge in [-0.05, 0) is 0 Å². The van der Waals surface area contributed by atoms with Crippen molar-refractivity contribution >= 4 is 20.1 Å². The lowest BCUT2D eigenvalue weighted by atomic mass is 10.6. The van der Waals surface area contributed by atoms with Crippen molar-refractivity contribution in [3.63, 3.8) is 0 Å². The van der Waals surface area contributed by atoms with Crippen molar-refractivity contribution in [3.05, 3.63) is 0 Å². The summed E-state index contributed by atoms with van der Waals surface area (Å²) >= 11 is 0. The number of hydrogen-bond donors (Lipinski definition) is 3. The highest BCUT2D eigenvalue weighted by atomic mass is 31.1. The summed E-state index contributed by atoms with van der Waals surface area (Å²) in [5.41, 5.74) is 5.14. The van der Waals surface area contributed by atoms with E-state index < -0.39 is 14.1 Å². The Morgan fingerprint density at radius 3 is 2.58 bits per heavy atom. The highest BCUT2D eigenvalue weighted by Crippen LogP contribution is 2.13. The summed E-state index contributed by atoms with van der Waals surface area (Å²) in [7, 11) is -1.37. The second kappa shape index (κ2) is 4.63. The molecule has 8 heteroatoms. The van der Waals surface area contributed by atoms with Crippen molar-refractivity contribution in [2.24, 2.45) is 10.5 Å². The summed E-state index contributed by atoms with van der Waals surface area (Å²) in [6.45, 7) is -0.363. The van der Waals surface area contributed by atoms with Gasteiger partial charge < -0.3 is 15.7 Å². The second-order valence-electron chi connectivity index (χ2n) is 1.96. The molecule has 0 fully saturated rings. The first-order valence-electron chi connectivity index (χ1n) is 2.86. The van der Waals surface area contributed by atoms with E-state index in [-0.39, 0.29) is 12.5 Å². The van der Waals surface area contributed by atoms with E-state index in [0.29, 0.717) is 0 Å². The van der Waals surface area contributed by atoms with Crippen LogP contribution in [0.3, 0.4) is 0 Å². The van der Waals surface area contributed by atoms with Crippen molar-refractivity contribution in [2.45, 2.75) is 0 Å². The van der Waals surface area contributed by atoms with E-state index in [9.17, 15) is 9.36 Å². The van der Waals surface area contributed by atoms with Gasteiger partial charge in [0.05, 0.1) is 0 Å². The zero-order valence-electron chi connectivity index (χ0n) is 6.34. The molecule has 0 bridgehead atoms. The second-order valence-corrected chi connectivity index (χ2v) is 2.67. The highest BCUT2D eigenvalue weighted by Gasteiger charge is 2.14. The van der Waals surface area contributed by atoms with Crippen LogP contribution in [0, 0.1) is 0 Å². The third-order valence-corrected chi connectivity index (χ3v) is 1.33. The van der Waals surface area contributed by atoms with Gasteiger partial charge in [-0.2, -0.15) is 0 Å². The molecule has 1 atom stereocenters. The van der Waals surface area contributed by atoms with Gasteiger partial charge >= 0.3 is 14.1 Å². The number of aliphatic carboxylic acids is 1. The predicted octanol–water partition coefficient (Wildman–Crippen LogP) is -1.03. The van der Waals surface area contributed by atoms with Gasteiger partial charge in [-0.1, -0.05) is 0 Å². The van der Waals surface area contributed by atoms with Crippen LogP contribution in [0.25, 0.3) is 0 Å². The molecule has 0 aromatic carbocycles. The number of nitrogens with zero attached hydrogens (tertiary/aromatic N) is 2. The quantitative estimate of drug-likeness (QED) is 0.300. The van der Waals surface area contributed by atoms with Crippen LogP contribution in [0.1, 0.15) is 0 Å². The minimum atomic E-state index is -2.72. The van der Waals surface area contributed by atoms with Crippen LogP contribution in [-0.4, -0.2) is 40.4 Å². The monoisotopic (exact) mass is 194 g/mol. The molecule has 1 unspecified atom stereocenters. The van der Waals surface area contributed by atoms with Crippen LogP contribution in [0.5, 0.6) is 0 Å². The third kappa shape index (κ3) is 4.59. The van der Waals surface area contributed by atoms with E-state index in [1.807, 2.05) is 0 Å². The third-order valence-electron chi connectivity index (χ3n) is 0.952. The summed E-state index contributed by atoms with van der Waals surface area (Å²) in [4.78, 5) is 19.4. The molecular formula is C4H9N3O4P+. The summed E-state index contributed by atoms with van der Waals surface area (Å²) in [6, 6.07) is 0. The zero-order valence-corrected chi connectivity index (χ0v) is 7.23. The molecule has 0 spiro atoms.